The molecule has 2 heterocycles. The van der Waals surface area contributed by atoms with Crippen molar-refractivity contribution in [2.75, 3.05) is 32.1 Å². The van der Waals surface area contributed by atoms with Gasteiger partial charge in [-0.15, -0.1) is 0 Å². The first-order chi connectivity index (χ1) is 15.2. The van der Waals surface area contributed by atoms with Gasteiger partial charge in [0.2, 0.25) is 10.0 Å². The van der Waals surface area contributed by atoms with Crippen molar-refractivity contribution in [2.24, 2.45) is 11.8 Å². The van der Waals surface area contributed by atoms with E-state index in [1.807, 2.05) is 24.3 Å². The summed E-state index contributed by atoms with van der Waals surface area (Å²) < 4.78 is 34.8. The Morgan fingerprint density at radius 2 is 1.84 bits per heavy atom. The van der Waals surface area contributed by atoms with Crippen LogP contribution in [0.15, 0.2) is 47.4 Å². The minimum absolute atomic E-state index is 0.0184. The molecule has 0 radical (unpaired) electrons. The van der Waals surface area contributed by atoms with E-state index in [1.54, 1.807) is 19.2 Å². The molecule has 0 aliphatic carbocycles. The third-order valence-corrected chi connectivity index (χ3v) is 8.70. The number of nitrogens with zero attached hydrogens (tertiary/aromatic N) is 3. The Kier molecular flexibility index (Phi) is 6.24. The molecule has 2 aromatic carbocycles. The molecule has 9 heteroatoms. The quantitative estimate of drug-likeness (QED) is 0.554. The fourth-order valence-electron chi connectivity index (χ4n) is 4.24. The zero-order valence-corrected chi connectivity index (χ0v) is 20.2. The summed E-state index contributed by atoms with van der Waals surface area (Å²) in [6.07, 6.45) is 0.995. The molecule has 7 nitrogen and oxygen atoms in total. The average Bonchev–Trinajstić information content (AvgIpc) is 3.21. The van der Waals surface area contributed by atoms with Gasteiger partial charge in [0.05, 0.1) is 17.3 Å². The first-order valence-corrected chi connectivity index (χ1v) is 12.8. The molecule has 1 fully saturated rings. The van der Waals surface area contributed by atoms with Crippen LogP contribution in [0.5, 0.6) is 5.75 Å². The number of carbonyl (C=O) groups is 1. The number of ether oxygens (including phenoxy) is 1. The fourth-order valence-corrected chi connectivity index (χ4v) is 7.02. The number of piperidine rings is 1. The first-order valence-electron chi connectivity index (χ1n) is 10.5. The molecule has 0 bridgehead atoms. The molecule has 0 spiro atoms. The lowest BCUT2D eigenvalue weighted by Gasteiger charge is -2.34. The van der Waals surface area contributed by atoms with Crippen molar-refractivity contribution in [1.29, 1.82) is 0 Å². The molecule has 170 valence electrons. The Bertz CT molecular complexity index is 1210. The Hall–Kier alpha value is -2.49. The number of carbonyl (C=O) groups excluding carboxylic acids is 1. The minimum Gasteiger partial charge on any atom is -0.495 e. The number of thiazole rings is 1. The van der Waals surface area contributed by atoms with Gasteiger partial charge >= 0.3 is 0 Å². The summed E-state index contributed by atoms with van der Waals surface area (Å²) in [5.41, 5.74) is 1.09. The number of hydrogen-bond acceptors (Lipinski definition) is 6. The maximum Gasteiger partial charge on any atom is 0.259 e. The van der Waals surface area contributed by atoms with Gasteiger partial charge in [0, 0.05) is 25.7 Å². The molecule has 4 rings (SSSR count). The van der Waals surface area contributed by atoms with Gasteiger partial charge in [0.1, 0.15) is 10.6 Å². The number of aromatic nitrogens is 1. The Balaban J connectivity index is 1.68. The summed E-state index contributed by atoms with van der Waals surface area (Å²) in [7, 11) is -0.733. The molecular weight excluding hydrogens is 446 g/mol. The number of hydrogen-bond donors (Lipinski definition) is 0. The summed E-state index contributed by atoms with van der Waals surface area (Å²) in [6, 6.07) is 12.2. The summed E-state index contributed by atoms with van der Waals surface area (Å²) >= 11 is 1.41. The number of para-hydroxylation sites is 1. The maximum absolute atomic E-state index is 13.5. The number of methoxy groups -OCH3 is 1. The molecule has 1 amide bonds. The molecule has 32 heavy (non-hydrogen) atoms. The normalized spacial score (nSPS) is 19.8. The van der Waals surface area contributed by atoms with Gasteiger partial charge in [0.25, 0.3) is 5.91 Å². The Morgan fingerprint density at radius 3 is 2.50 bits per heavy atom. The van der Waals surface area contributed by atoms with Crippen LogP contribution in [0.2, 0.25) is 0 Å². The van der Waals surface area contributed by atoms with E-state index in [-0.39, 0.29) is 34.0 Å². The smallest absolute Gasteiger partial charge is 0.259 e. The van der Waals surface area contributed by atoms with E-state index >= 15 is 0 Å². The molecule has 1 aliphatic heterocycles. The van der Waals surface area contributed by atoms with Gasteiger partial charge in [-0.05, 0) is 48.6 Å². The number of sulfonamides is 1. The maximum atomic E-state index is 13.5. The highest BCUT2D eigenvalue weighted by molar-refractivity contribution is 7.89. The van der Waals surface area contributed by atoms with Crippen LogP contribution in [-0.2, 0) is 10.0 Å². The molecule has 1 saturated heterocycles. The molecular formula is C23H27N3O4S2. The lowest BCUT2D eigenvalue weighted by molar-refractivity contribution is 0.0992. The van der Waals surface area contributed by atoms with Crippen molar-refractivity contribution in [1.82, 2.24) is 9.29 Å². The van der Waals surface area contributed by atoms with E-state index in [0.29, 0.717) is 18.2 Å². The summed E-state index contributed by atoms with van der Waals surface area (Å²) in [4.78, 5) is 19.2. The highest BCUT2D eigenvalue weighted by Crippen LogP contribution is 2.33. The Labute approximate surface area is 192 Å². The van der Waals surface area contributed by atoms with Crippen molar-refractivity contribution in [2.45, 2.75) is 25.2 Å². The lowest BCUT2D eigenvalue weighted by Crippen LogP contribution is -2.42. The number of fused-ring (bicyclic) bond motifs is 1. The largest absolute Gasteiger partial charge is 0.495 e. The second kappa shape index (κ2) is 8.80. The van der Waals surface area contributed by atoms with Crippen molar-refractivity contribution in [3.63, 3.8) is 0 Å². The van der Waals surface area contributed by atoms with Gasteiger partial charge in [-0.1, -0.05) is 37.3 Å². The van der Waals surface area contributed by atoms with Crippen LogP contribution < -0.4 is 9.64 Å². The second-order valence-electron chi connectivity index (χ2n) is 8.46. The third-order valence-electron chi connectivity index (χ3n) is 5.74. The van der Waals surface area contributed by atoms with Gasteiger partial charge < -0.3 is 4.74 Å². The van der Waals surface area contributed by atoms with Crippen LogP contribution in [0.3, 0.4) is 0 Å². The second-order valence-corrected chi connectivity index (χ2v) is 11.4. The molecule has 2 unspecified atom stereocenters. The average molecular weight is 474 g/mol. The topological polar surface area (TPSA) is 79.8 Å². The molecule has 0 N–H and O–H groups in total. The third kappa shape index (κ3) is 4.24. The van der Waals surface area contributed by atoms with Crippen LogP contribution in [0.1, 0.15) is 30.6 Å². The number of rotatable bonds is 5. The van der Waals surface area contributed by atoms with E-state index in [9.17, 15) is 13.2 Å². The fraction of sp³-hybridized carbons (Fsp3) is 0.391. The number of amides is 1. The van der Waals surface area contributed by atoms with Crippen molar-refractivity contribution in [3.05, 3.63) is 48.0 Å². The van der Waals surface area contributed by atoms with Crippen molar-refractivity contribution < 1.29 is 17.9 Å². The molecule has 1 aliphatic rings. The van der Waals surface area contributed by atoms with Crippen LogP contribution >= 0.6 is 11.3 Å². The summed E-state index contributed by atoms with van der Waals surface area (Å²) in [5.74, 6) is 0.447. The summed E-state index contributed by atoms with van der Waals surface area (Å²) in [6.45, 7) is 5.03. The van der Waals surface area contributed by atoms with Gasteiger partial charge in [-0.25, -0.2) is 13.4 Å². The molecule has 1 aromatic heterocycles. The molecule has 2 atom stereocenters. The monoisotopic (exact) mass is 473 g/mol. The zero-order chi connectivity index (χ0) is 23.0. The summed E-state index contributed by atoms with van der Waals surface area (Å²) in [5, 5.41) is 0.551. The Morgan fingerprint density at radius 1 is 1.16 bits per heavy atom. The van der Waals surface area contributed by atoms with Crippen LogP contribution in [-0.4, -0.2) is 50.9 Å². The SMILES string of the molecule is COc1ccc(C(=O)N(C)c2nc3ccccc3s2)cc1S(=O)(=O)N1CC(C)CC(C)C1. The first kappa shape index (κ1) is 22.7. The highest BCUT2D eigenvalue weighted by Gasteiger charge is 2.34. The van der Waals surface area contributed by atoms with Crippen LogP contribution in [0.4, 0.5) is 5.13 Å². The number of benzene rings is 2. The number of anilines is 1. The van der Waals surface area contributed by atoms with E-state index in [0.717, 1.165) is 16.6 Å². The predicted octanol–water partition coefficient (Wildman–Crippen LogP) is 4.25. The standard InChI is InChI=1S/C23H27N3O4S2/c1-15-11-16(2)14-26(13-15)32(28,29)21-12-17(9-10-19(21)30-4)22(27)25(3)23-24-18-7-5-6-8-20(18)31-23/h5-10,12,15-16H,11,13-14H2,1-4H3. The zero-order valence-electron chi connectivity index (χ0n) is 18.6. The predicted molar refractivity (Wildman–Crippen MR) is 127 cm³/mol. The lowest BCUT2D eigenvalue weighted by atomic mass is 9.94. The minimum atomic E-state index is -3.81. The molecule has 3 aromatic rings. The van der Waals surface area contributed by atoms with Gasteiger partial charge in [-0.2, -0.15) is 4.31 Å². The highest BCUT2D eigenvalue weighted by atomic mass is 32.2. The van der Waals surface area contributed by atoms with Crippen molar-refractivity contribution in [3.8, 4) is 5.75 Å². The van der Waals surface area contributed by atoms with E-state index in [1.165, 1.54) is 33.7 Å². The van der Waals surface area contributed by atoms with E-state index < -0.39 is 10.0 Å². The van der Waals surface area contributed by atoms with Crippen molar-refractivity contribution >= 4 is 42.6 Å². The van der Waals surface area contributed by atoms with Crippen LogP contribution in [0.25, 0.3) is 10.2 Å². The van der Waals surface area contributed by atoms with Gasteiger partial charge in [0.15, 0.2) is 5.13 Å². The molecule has 0 saturated carbocycles. The van der Waals surface area contributed by atoms with E-state index in [4.69, 9.17) is 4.74 Å². The van der Waals surface area contributed by atoms with Crippen LogP contribution in [0, 0.1) is 11.8 Å². The van der Waals surface area contributed by atoms with Gasteiger partial charge in [-0.3, -0.25) is 9.69 Å². The van der Waals surface area contributed by atoms with E-state index in [2.05, 4.69) is 18.8 Å².